The van der Waals surface area contributed by atoms with Gasteiger partial charge < -0.3 is 4.74 Å². The Kier molecular flexibility index (Phi) is 5.82. The Bertz CT molecular complexity index is 731. The van der Waals surface area contributed by atoms with E-state index >= 15 is 0 Å². The third-order valence-corrected chi connectivity index (χ3v) is 6.43. The van der Waals surface area contributed by atoms with Crippen molar-refractivity contribution < 1.29 is 22.7 Å². The number of carbonyl (C=O) groups excluding carboxylic acids is 2. The molecule has 1 aromatic rings. The lowest BCUT2D eigenvalue weighted by atomic mass is 10.1. The predicted molar refractivity (Wildman–Crippen MR) is 91.6 cm³/mol. The summed E-state index contributed by atoms with van der Waals surface area (Å²) >= 11 is 0. The van der Waals surface area contributed by atoms with Gasteiger partial charge in [-0.2, -0.15) is 0 Å². The average molecular weight is 382 g/mol. The van der Waals surface area contributed by atoms with Gasteiger partial charge in [0.05, 0.1) is 11.9 Å². The highest BCUT2D eigenvalue weighted by Crippen LogP contribution is 2.19. The van der Waals surface area contributed by atoms with Gasteiger partial charge in [-0.1, -0.05) is 0 Å². The summed E-state index contributed by atoms with van der Waals surface area (Å²) in [5.74, 6) is -0.379. The molecule has 1 aromatic heterocycles. The second-order valence-electron chi connectivity index (χ2n) is 6.37. The maximum Gasteiger partial charge on any atom is 0.232 e. The predicted octanol–water partition coefficient (Wildman–Crippen LogP) is 0.189. The largest absolute Gasteiger partial charge is 0.473 e. The minimum absolute atomic E-state index is 0.0734. The fourth-order valence-corrected chi connectivity index (χ4v) is 4.57. The van der Waals surface area contributed by atoms with E-state index in [1.54, 1.807) is 6.20 Å². The molecule has 0 bridgehead atoms. The van der Waals surface area contributed by atoms with E-state index in [4.69, 9.17) is 4.74 Å². The lowest BCUT2D eigenvalue weighted by molar-refractivity contribution is -0.147. The minimum atomic E-state index is -3.52. The van der Waals surface area contributed by atoms with Crippen LogP contribution in [0.3, 0.4) is 0 Å². The van der Waals surface area contributed by atoms with Gasteiger partial charge in [-0.25, -0.2) is 17.7 Å². The number of hydrogen-bond donors (Lipinski definition) is 0. The molecule has 0 aliphatic carbocycles. The Morgan fingerprint density at radius 3 is 2.42 bits per heavy atom. The molecule has 3 heterocycles. The number of carbonyl (C=O) groups is 2. The molecule has 2 fully saturated rings. The van der Waals surface area contributed by atoms with Crippen LogP contribution in [0.25, 0.3) is 0 Å². The zero-order chi connectivity index (χ0) is 18.6. The normalized spacial score (nSPS) is 20.4. The molecule has 142 valence electrons. The van der Waals surface area contributed by atoms with Crippen LogP contribution < -0.4 is 4.74 Å². The number of imide groups is 1. The van der Waals surface area contributed by atoms with Crippen LogP contribution in [0.5, 0.6) is 5.88 Å². The van der Waals surface area contributed by atoms with E-state index in [1.807, 2.05) is 0 Å². The smallest absolute Gasteiger partial charge is 0.232 e. The van der Waals surface area contributed by atoms with Gasteiger partial charge in [0.1, 0.15) is 6.10 Å². The minimum Gasteiger partial charge on any atom is -0.473 e. The van der Waals surface area contributed by atoms with Crippen molar-refractivity contribution in [1.82, 2.24) is 19.2 Å². The summed E-state index contributed by atoms with van der Waals surface area (Å²) in [7, 11) is -3.52. The van der Waals surface area contributed by atoms with Crippen molar-refractivity contribution in [3.8, 4) is 5.88 Å². The van der Waals surface area contributed by atoms with Gasteiger partial charge in [0.25, 0.3) is 0 Å². The molecule has 2 amide bonds. The summed E-state index contributed by atoms with van der Waals surface area (Å²) in [4.78, 5) is 32.6. The quantitative estimate of drug-likeness (QED) is 0.646. The highest BCUT2D eigenvalue weighted by Gasteiger charge is 2.32. The monoisotopic (exact) mass is 382 g/mol. The van der Waals surface area contributed by atoms with Crippen molar-refractivity contribution in [1.29, 1.82) is 0 Å². The van der Waals surface area contributed by atoms with Gasteiger partial charge in [0.15, 0.2) is 0 Å². The van der Waals surface area contributed by atoms with Crippen LogP contribution in [-0.2, 0) is 19.6 Å². The summed E-state index contributed by atoms with van der Waals surface area (Å²) in [6.07, 6.45) is 6.76. The number of ether oxygens (including phenoxy) is 1. The maximum absolute atomic E-state index is 12.5. The van der Waals surface area contributed by atoms with Crippen LogP contribution in [0.2, 0.25) is 0 Å². The SMILES string of the molecule is O=C1CCCC(=O)N1CCS(=O)(=O)N1CCC(Oc2cnccn2)CC1. The van der Waals surface area contributed by atoms with Crippen LogP contribution >= 0.6 is 0 Å². The Morgan fingerprint density at radius 2 is 1.81 bits per heavy atom. The fourth-order valence-electron chi connectivity index (χ4n) is 3.13. The van der Waals surface area contributed by atoms with Gasteiger partial charge in [0.2, 0.25) is 27.7 Å². The highest BCUT2D eigenvalue weighted by atomic mass is 32.2. The molecular weight excluding hydrogens is 360 g/mol. The molecule has 0 unspecified atom stereocenters. The molecule has 0 aromatic carbocycles. The molecule has 9 nitrogen and oxygen atoms in total. The summed E-state index contributed by atoms with van der Waals surface area (Å²) in [5.41, 5.74) is 0. The molecule has 10 heteroatoms. The van der Waals surface area contributed by atoms with E-state index < -0.39 is 10.0 Å². The van der Waals surface area contributed by atoms with E-state index in [9.17, 15) is 18.0 Å². The van der Waals surface area contributed by atoms with Gasteiger partial charge in [-0.05, 0) is 19.3 Å². The van der Waals surface area contributed by atoms with Gasteiger partial charge >= 0.3 is 0 Å². The first-order valence-corrected chi connectivity index (χ1v) is 10.3. The van der Waals surface area contributed by atoms with Gasteiger partial charge in [0, 0.05) is 44.9 Å². The van der Waals surface area contributed by atoms with Crippen LogP contribution in [-0.4, -0.2) is 70.9 Å². The van der Waals surface area contributed by atoms with E-state index in [0.717, 1.165) is 4.90 Å². The maximum atomic E-state index is 12.5. The molecule has 0 spiro atoms. The van der Waals surface area contributed by atoms with Crippen molar-refractivity contribution in [3.05, 3.63) is 18.6 Å². The van der Waals surface area contributed by atoms with Crippen LogP contribution in [0.1, 0.15) is 32.1 Å². The molecular formula is C16H22N4O5S. The summed E-state index contributed by atoms with van der Waals surface area (Å²) in [5, 5.41) is 0. The molecule has 2 aliphatic heterocycles. The lowest BCUT2D eigenvalue weighted by Crippen LogP contribution is -2.47. The number of sulfonamides is 1. The second kappa shape index (κ2) is 8.09. The van der Waals surface area contributed by atoms with Crippen molar-refractivity contribution in [3.63, 3.8) is 0 Å². The van der Waals surface area contributed by atoms with Crippen molar-refractivity contribution in [2.75, 3.05) is 25.4 Å². The zero-order valence-corrected chi connectivity index (χ0v) is 15.2. The first-order chi connectivity index (χ1) is 12.5. The zero-order valence-electron chi connectivity index (χ0n) is 14.4. The lowest BCUT2D eigenvalue weighted by Gasteiger charge is -2.32. The van der Waals surface area contributed by atoms with Gasteiger partial charge in [-0.15, -0.1) is 0 Å². The topological polar surface area (TPSA) is 110 Å². The highest BCUT2D eigenvalue weighted by molar-refractivity contribution is 7.89. The number of hydrogen-bond acceptors (Lipinski definition) is 7. The summed E-state index contributed by atoms with van der Waals surface area (Å²) in [6, 6.07) is 0. The molecule has 0 atom stereocenters. The number of rotatable bonds is 6. The number of likely N-dealkylation sites (tertiary alicyclic amines) is 1. The van der Waals surface area contributed by atoms with Crippen LogP contribution in [0.15, 0.2) is 18.6 Å². The Balaban J connectivity index is 1.49. The first-order valence-electron chi connectivity index (χ1n) is 8.69. The Morgan fingerprint density at radius 1 is 1.12 bits per heavy atom. The molecule has 2 saturated heterocycles. The standard InChI is InChI=1S/C16H22N4O5S/c21-15-2-1-3-16(22)20(15)10-11-26(23,24)19-8-4-13(5-9-19)25-14-12-17-6-7-18-14/h6-7,12-13H,1-5,8-11H2. The van der Waals surface area contributed by atoms with E-state index in [0.29, 0.717) is 51.1 Å². The molecule has 2 aliphatic rings. The van der Waals surface area contributed by atoms with Crippen molar-refractivity contribution >= 4 is 21.8 Å². The Hall–Kier alpha value is -2.07. The number of amides is 2. The third-order valence-electron chi connectivity index (χ3n) is 4.58. The van der Waals surface area contributed by atoms with Gasteiger partial charge in [-0.3, -0.25) is 19.5 Å². The van der Waals surface area contributed by atoms with Crippen molar-refractivity contribution in [2.45, 2.75) is 38.2 Å². The number of aromatic nitrogens is 2. The molecule has 3 rings (SSSR count). The second-order valence-corrected chi connectivity index (χ2v) is 8.46. The molecule has 0 saturated carbocycles. The van der Waals surface area contributed by atoms with Crippen LogP contribution in [0.4, 0.5) is 0 Å². The summed E-state index contributed by atoms with van der Waals surface area (Å²) in [6.45, 7) is 0.611. The molecule has 0 N–H and O–H groups in total. The molecule has 0 radical (unpaired) electrons. The van der Waals surface area contributed by atoms with Crippen molar-refractivity contribution in [2.24, 2.45) is 0 Å². The first kappa shape index (κ1) is 18.7. The fraction of sp³-hybridized carbons (Fsp3) is 0.625. The van der Waals surface area contributed by atoms with E-state index in [2.05, 4.69) is 9.97 Å². The number of piperidine rings is 2. The van der Waals surface area contributed by atoms with Crippen LogP contribution in [0, 0.1) is 0 Å². The Labute approximate surface area is 152 Å². The van der Waals surface area contributed by atoms with E-state index in [1.165, 1.54) is 16.7 Å². The van der Waals surface area contributed by atoms with E-state index in [-0.39, 0.29) is 30.2 Å². The average Bonchev–Trinajstić information content (AvgIpc) is 2.63. The summed E-state index contributed by atoms with van der Waals surface area (Å²) < 4.78 is 32.2. The molecule has 26 heavy (non-hydrogen) atoms. The third kappa shape index (κ3) is 4.55. The number of nitrogens with zero attached hydrogens (tertiary/aromatic N) is 4.